The SMILES string of the molecule is NNC(Cc1ccco1)Cc1cccs1. The average Bonchev–Trinajstić information content (AvgIpc) is 2.89. The maximum Gasteiger partial charge on any atom is 0.105 e. The topological polar surface area (TPSA) is 51.2 Å². The highest BCUT2D eigenvalue weighted by atomic mass is 32.1. The fraction of sp³-hybridized carbons (Fsp3) is 0.273. The lowest BCUT2D eigenvalue weighted by Gasteiger charge is -2.12. The largest absolute Gasteiger partial charge is 0.469 e. The van der Waals surface area contributed by atoms with E-state index in [1.165, 1.54) is 4.88 Å². The van der Waals surface area contributed by atoms with Gasteiger partial charge in [-0.25, -0.2) is 0 Å². The lowest BCUT2D eigenvalue weighted by atomic mass is 10.1. The molecule has 2 rings (SSSR count). The van der Waals surface area contributed by atoms with Gasteiger partial charge in [-0.15, -0.1) is 11.3 Å². The molecule has 0 radical (unpaired) electrons. The van der Waals surface area contributed by atoms with Gasteiger partial charge in [0.05, 0.1) is 6.26 Å². The minimum Gasteiger partial charge on any atom is -0.469 e. The van der Waals surface area contributed by atoms with Crippen LogP contribution in [0.3, 0.4) is 0 Å². The van der Waals surface area contributed by atoms with Crippen molar-refractivity contribution in [1.29, 1.82) is 0 Å². The van der Waals surface area contributed by atoms with Crippen LogP contribution >= 0.6 is 11.3 Å². The second-order valence-electron chi connectivity index (χ2n) is 3.43. The highest BCUT2D eigenvalue weighted by molar-refractivity contribution is 7.09. The van der Waals surface area contributed by atoms with Gasteiger partial charge in [0.25, 0.3) is 0 Å². The molecular formula is C11H14N2OS. The van der Waals surface area contributed by atoms with E-state index in [-0.39, 0.29) is 6.04 Å². The van der Waals surface area contributed by atoms with Crippen molar-refractivity contribution in [2.24, 2.45) is 5.84 Å². The van der Waals surface area contributed by atoms with Crippen LogP contribution in [0.5, 0.6) is 0 Å². The Morgan fingerprint density at radius 1 is 1.33 bits per heavy atom. The first kappa shape index (κ1) is 10.4. The molecule has 0 spiro atoms. The maximum absolute atomic E-state index is 5.52. The Morgan fingerprint density at radius 3 is 2.87 bits per heavy atom. The molecule has 0 aromatic carbocycles. The number of thiophene rings is 1. The summed E-state index contributed by atoms with van der Waals surface area (Å²) < 4.78 is 5.29. The van der Waals surface area contributed by atoms with Crippen LogP contribution in [-0.4, -0.2) is 6.04 Å². The molecule has 0 aliphatic heterocycles. The quantitative estimate of drug-likeness (QED) is 0.600. The number of nitrogens with two attached hydrogens (primary N) is 1. The summed E-state index contributed by atoms with van der Waals surface area (Å²) in [5.41, 5.74) is 2.83. The second-order valence-corrected chi connectivity index (χ2v) is 4.46. The third kappa shape index (κ3) is 2.92. The molecule has 4 heteroatoms. The first-order chi connectivity index (χ1) is 7.38. The molecule has 0 bridgehead atoms. The van der Waals surface area contributed by atoms with Gasteiger partial charge in [-0.1, -0.05) is 6.07 Å². The summed E-state index contributed by atoms with van der Waals surface area (Å²) in [7, 11) is 0. The zero-order valence-corrected chi connectivity index (χ0v) is 9.17. The minimum absolute atomic E-state index is 0.231. The molecule has 15 heavy (non-hydrogen) atoms. The zero-order valence-electron chi connectivity index (χ0n) is 8.35. The van der Waals surface area contributed by atoms with E-state index >= 15 is 0 Å². The molecule has 0 amide bonds. The van der Waals surface area contributed by atoms with E-state index in [4.69, 9.17) is 10.3 Å². The molecule has 2 aromatic rings. The Bertz CT molecular complexity index is 333. The van der Waals surface area contributed by atoms with Gasteiger partial charge in [0.15, 0.2) is 0 Å². The Morgan fingerprint density at radius 2 is 2.27 bits per heavy atom. The Balaban J connectivity index is 1.93. The maximum atomic E-state index is 5.52. The number of hydrogen-bond donors (Lipinski definition) is 2. The van der Waals surface area contributed by atoms with E-state index in [9.17, 15) is 0 Å². The van der Waals surface area contributed by atoms with Gasteiger partial charge in [-0.2, -0.15) is 0 Å². The van der Waals surface area contributed by atoms with Crippen LogP contribution in [0.1, 0.15) is 10.6 Å². The molecule has 0 saturated heterocycles. The van der Waals surface area contributed by atoms with E-state index in [0.29, 0.717) is 0 Å². The van der Waals surface area contributed by atoms with Crippen molar-refractivity contribution in [3.05, 3.63) is 46.5 Å². The monoisotopic (exact) mass is 222 g/mol. The summed E-state index contributed by atoms with van der Waals surface area (Å²) in [4.78, 5) is 1.34. The van der Waals surface area contributed by atoms with Gasteiger partial charge in [0.1, 0.15) is 5.76 Å². The Labute approximate surface area is 92.9 Å². The molecule has 0 saturated carbocycles. The summed E-state index contributed by atoms with van der Waals surface area (Å²) in [5.74, 6) is 6.49. The molecule has 1 atom stereocenters. The van der Waals surface area contributed by atoms with Crippen LogP contribution < -0.4 is 11.3 Å². The van der Waals surface area contributed by atoms with Crippen molar-refractivity contribution < 1.29 is 4.42 Å². The van der Waals surface area contributed by atoms with Crippen LogP contribution in [0.4, 0.5) is 0 Å². The van der Waals surface area contributed by atoms with Gasteiger partial charge >= 0.3 is 0 Å². The molecule has 1 unspecified atom stereocenters. The van der Waals surface area contributed by atoms with E-state index in [2.05, 4.69) is 22.9 Å². The predicted molar refractivity (Wildman–Crippen MR) is 61.5 cm³/mol. The molecule has 0 fully saturated rings. The smallest absolute Gasteiger partial charge is 0.105 e. The average molecular weight is 222 g/mol. The summed E-state index contributed by atoms with van der Waals surface area (Å²) in [6, 6.07) is 8.28. The first-order valence-corrected chi connectivity index (χ1v) is 5.77. The lowest BCUT2D eigenvalue weighted by Crippen LogP contribution is -2.38. The fourth-order valence-corrected chi connectivity index (χ4v) is 2.32. The van der Waals surface area contributed by atoms with Crippen LogP contribution in [0, 0.1) is 0 Å². The number of hydrogen-bond acceptors (Lipinski definition) is 4. The lowest BCUT2D eigenvalue weighted by molar-refractivity contribution is 0.445. The molecule has 80 valence electrons. The summed E-state index contributed by atoms with van der Waals surface area (Å²) in [5, 5.41) is 2.08. The molecule has 0 aliphatic carbocycles. The summed E-state index contributed by atoms with van der Waals surface area (Å²) in [6.07, 6.45) is 3.45. The third-order valence-electron chi connectivity index (χ3n) is 2.29. The van der Waals surface area contributed by atoms with Crippen molar-refractivity contribution in [1.82, 2.24) is 5.43 Å². The van der Waals surface area contributed by atoms with Crippen molar-refractivity contribution in [2.45, 2.75) is 18.9 Å². The molecule has 0 aliphatic rings. The summed E-state index contributed by atoms with van der Waals surface area (Å²) in [6.45, 7) is 0. The van der Waals surface area contributed by atoms with E-state index in [1.807, 2.05) is 12.1 Å². The predicted octanol–water partition coefficient (Wildman–Crippen LogP) is 1.96. The Hall–Kier alpha value is -1.10. The van der Waals surface area contributed by atoms with Gasteiger partial charge in [0, 0.05) is 17.3 Å². The van der Waals surface area contributed by atoms with Crippen molar-refractivity contribution >= 4 is 11.3 Å². The van der Waals surface area contributed by atoms with Gasteiger partial charge in [0.2, 0.25) is 0 Å². The highest BCUT2D eigenvalue weighted by Crippen LogP contribution is 2.13. The van der Waals surface area contributed by atoms with Crippen LogP contribution in [0.2, 0.25) is 0 Å². The molecule has 2 aromatic heterocycles. The zero-order chi connectivity index (χ0) is 10.5. The fourth-order valence-electron chi connectivity index (χ4n) is 1.53. The van der Waals surface area contributed by atoms with Crippen molar-refractivity contribution in [3.8, 4) is 0 Å². The number of nitrogens with one attached hydrogen (secondary N) is 1. The standard InChI is InChI=1S/C11H14N2OS/c12-13-9(7-10-3-1-5-14-10)8-11-4-2-6-15-11/h1-6,9,13H,7-8,12H2. The van der Waals surface area contributed by atoms with Gasteiger partial charge < -0.3 is 4.42 Å². The Kier molecular flexibility index (Phi) is 3.55. The normalized spacial score (nSPS) is 12.9. The van der Waals surface area contributed by atoms with E-state index in [1.54, 1.807) is 17.6 Å². The number of furan rings is 1. The second kappa shape index (κ2) is 5.11. The van der Waals surface area contributed by atoms with E-state index < -0.39 is 0 Å². The minimum atomic E-state index is 0.231. The van der Waals surface area contributed by atoms with Crippen molar-refractivity contribution in [3.63, 3.8) is 0 Å². The third-order valence-corrected chi connectivity index (χ3v) is 3.19. The number of rotatable bonds is 5. The van der Waals surface area contributed by atoms with Crippen LogP contribution in [-0.2, 0) is 12.8 Å². The van der Waals surface area contributed by atoms with Gasteiger partial charge in [-0.3, -0.25) is 11.3 Å². The van der Waals surface area contributed by atoms with Crippen molar-refractivity contribution in [2.75, 3.05) is 0 Å². The summed E-state index contributed by atoms with van der Waals surface area (Å²) >= 11 is 1.75. The number of hydrazine groups is 1. The van der Waals surface area contributed by atoms with Gasteiger partial charge in [-0.05, 0) is 30.0 Å². The molecule has 3 nitrogen and oxygen atoms in total. The van der Waals surface area contributed by atoms with Crippen LogP contribution in [0.15, 0.2) is 40.3 Å². The first-order valence-electron chi connectivity index (χ1n) is 4.89. The van der Waals surface area contributed by atoms with Crippen LogP contribution in [0.25, 0.3) is 0 Å². The molecule has 2 heterocycles. The molecular weight excluding hydrogens is 208 g/mol. The highest BCUT2D eigenvalue weighted by Gasteiger charge is 2.10. The van der Waals surface area contributed by atoms with E-state index in [0.717, 1.165) is 18.6 Å². The molecule has 3 N–H and O–H groups in total.